The Morgan fingerprint density at radius 1 is 1.32 bits per heavy atom. The minimum absolute atomic E-state index is 0.111. The van der Waals surface area contributed by atoms with Gasteiger partial charge in [-0.2, -0.15) is 0 Å². The number of hydrogen-bond acceptors (Lipinski definition) is 4. The number of carbonyl (C=O) groups is 1. The van der Waals surface area contributed by atoms with E-state index in [9.17, 15) is 4.79 Å². The van der Waals surface area contributed by atoms with Gasteiger partial charge in [0.15, 0.2) is 10.8 Å². The number of halogens is 1. The van der Waals surface area contributed by atoms with Gasteiger partial charge in [0.1, 0.15) is 0 Å². The molecule has 1 N–H and O–H groups in total. The lowest BCUT2D eigenvalue weighted by atomic mass is 10.2. The van der Waals surface area contributed by atoms with Crippen LogP contribution < -0.4 is 5.32 Å². The first-order valence-electron chi connectivity index (χ1n) is 6.68. The monoisotopic (exact) mass is 376 g/mol. The molecule has 0 aliphatic carbocycles. The molecule has 1 aromatic carbocycles. The van der Waals surface area contributed by atoms with Crippen LogP contribution in [0.5, 0.6) is 0 Å². The topological polar surface area (TPSA) is 55.1 Å². The SMILES string of the molecule is Cc1nc(-c2ccco2)sc1CNC(=O)c1ccccc1Br. The standard InChI is InChI=1S/C16H13BrN2O2S/c1-10-14(22-16(19-10)13-7-4-8-21-13)9-18-15(20)11-5-2-3-6-12(11)17/h2-8H,9H2,1H3,(H,18,20). The molecule has 1 amide bonds. The zero-order valence-electron chi connectivity index (χ0n) is 11.8. The van der Waals surface area contributed by atoms with Crippen molar-refractivity contribution >= 4 is 33.2 Å². The third-order valence-electron chi connectivity index (χ3n) is 3.15. The average molecular weight is 377 g/mol. The molecule has 0 aliphatic heterocycles. The Hall–Kier alpha value is -1.92. The fourth-order valence-corrected chi connectivity index (χ4v) is 3.43. The predicted octanol–water partition coefficient (Wildman–Crippen LogP) is 4.40. The summed E-state index contributed by atoms with van der Waals surface area (Å²) in [4.78, 5) is 17.7. The van der Waals surface area contributed by atoms with E-state index < -0.39 is 0 Å². The predicted molar refractivity (Wildman–Crippen MR) is 89.9 cm³/mol. The van der Waals surface area contributed by atoms with Gasteiger partial charge in [0.2, 0.25) is 0 Å². The maximum atomic E-state index is 12.2. The van der Waals surface area contributed by atoms with E-state index in [0.29, 0.717) is 12.1 Å². The maximum absolute atomic E-state index is 12.2. The molecule has 0 atom stereocenters. The molecule has 0 bridgehead atoms. The highest BCUT2D eigenvalue weighted by atomic mass is 79.9. The molecule has 0 spiro atoms. The van der Waals surface area contributed by atoms with Crippen molar-refractivity contribution in [3.8, 4) is 10.8 Å². The second-order valence-corrected chi connectivity index (χ2v) is 6.61. The van der Waals surface area contributed by atoms with Gasteiger partial charge in [0.25, 0.3) is 5.91 Å². The van der Waals surface area contributed by atoms with Crippen molar-refractivity contribution in [2.24, 2.45) is 0 Å². The van der Waals surface area contributed by atoms with E-state index in [4.69, 9.17) is 4.42 Å². The first kappa shape index (κ1) is 15.0. The van der Waals surface area contributed by atoms with Crippen molar-refractivity contribution in [1.29, 1.82) is 0 Å². The third kappa shape index (κ3) is 3.13. The van der Waals surface area contributed by atoms with Gasteiger partial charge in [0, 0.05) is 9.35 Å². The van der Waals surface area contributed by atoms with Crippen LogP contribution in [0.1, 0.15) is 20.9 Å². The first-order valence-corrected chi connectivity index (χ1v) is 8.29. The molecule has 2 aromatic heterocycles. The summed E-state index contributed by atoms with van der Waals surface area (Å²) in [7, 11) is 0. The molecule has 3 aromatic rings. The molecule has 0 radical (unpaired) electrons. The van der Waals surface area contributed by atoms with Crippen molar-refractivity contribution in [2.75, 3.05) is 0 Å². The number of nitrogens with one attached hydrogen (secondary N) is 1. The van der Waals surface area contributed by atoms with Crippen molar-refractivity contribution in [1.82, 2.24) is 10.3 Å². The normalized spacial score (nSPS) is 10.6. The Kier molecular flexibility index (Phi) is 4.40. The highest BCUT2D eigenvalue weighted by Gasteiger charge is 2.13. The van der Waals surface area contributed by atoms with Crippen LogP contribution in [0.15, 0.2) is 51.6 Å². The van der Waals surface area contributed by atoms with Crippen molar-refractivity contribution in [2.45, 2.75) is 13.5 Å². The molecular formula is C16H13BrN2O2S. The molecular weight excluding hydrogens is 364 g/mol. The van der Waals surface area contributed by atoms with E-state index in [-0.39, 0.29) is 5.91 Å². The lowest BCUT2D eigenvalue weighted by Crippen LogP contribution is -2.23. The zero-order chi connectivity index (χ0) is 15.5. The molecule has 3 rings (SSSR count). The van der Waals surface area contributed by atoms with E-state index >= 15 is 0 Å². The number of nitrogens with zero attached hydrogens (tertiary/aromatic N) is 1. The van der Waals surface area contributed by atoms with Crippen LogP contribution in [-0.2, 0) is 6.54 Å². The van der Waals surface area contributed by atoms with Crippen molar-refractivity contribution in [3.63, 3.8) is 0 Å². The van der Waals surface area contributed by atoms with Crippen LogP contribution in [0.2, 0.25) is 0 Å². The van der Waals surface area contributed by atoms with E-state index in [0.717, 1.165) is 25.8 Å². The van der Waals surface area contributed by atoms with Gasteiger partial charge in [0.05, 0.1) is 24.1 Å². The summed E-state index contributed by atoms with van der Waals surface area (Å²) in [6.45, 7) is 2.38. The largest absolute Gasteiger partial charge is 0.462 e. The van der Waals surface area contributed by atoms with Gasteiger partial charge in [-0.1, -0.05) is 12.1 Å². The molecule has 22 heavy (non-hydrogen) atoms. The van der Waals surface area contributed by atoms with Crippen LogP contribution >= 0.6 is 27.3 Å². The molecule has 4 nitrogen and oxygen atoms in total. The molecule has 2 heterocycles. The number of aromatic nitrogens is 1. The van der Waals surface area contributed by atoms with Gasteiger partial charge in [-0.15, -0.1) is 11.3 Å². The van der Waals surface area contributed by atoms with Gasteiger partial charge in [-0.3, -0.25) is 4.79 Å². The summed E-state index contributed by atoms with van der Waals surface area (Å²) in [5.41, 5.74) is 1.53. The molecule has 0 saturated heterocycles. The van der Waals surface area contributed by atoms with Crippen LogP contribution in [0.4, 0.5) is 0 Å². The minimum Gasteiger partial charge on any atom is -0.462 e. The summed E-state index contributed by atoms with van der Waals surface area (Å²) in [6, 6.07) is 11.1. The number of aryl methyl sites for hydroxylation is 1. The van der Waals surface area contributed by atoms with Gasteiger partial charge in [-0.25, -0.2) is 4.98 Å². The summed E-state index contributed by atoms with van der Waals surface area (Å²) in [6.07, 6.45) is 1.63. The van der Waals surface area contributed by atoms with Gasteiger partial charge >= 0.3 is 0 Å². The number of amides is 1. The number of furan rings is 1. The van der Waals surface area contributed by atoms with Crippen LogP contribution in [0, 0.1) is 6.92 Å². The van der Waals surface area contributed by atoms with E-state index in [1.807, 2.05) is 37.3 Å². The quantitative estimate of drug-likeness (QED) is 0.733. The Labute approximate surface area is 140 Å². The van der Waals surface area contributed by atoms with Gasteiger partial charge < -0.3 is 9.73 Å². The lowest BCUT2D eigenvalue weighted by Gasteiger charge is -2.05. The smallest absolute Gasteiger partial charge is 0.252 e. The highest BCUT2D eigenvalue weighted by Crippen LogP contribution is 2.28. The van der Waals surface area contributed by atoms with Crippen LogP contribution in [-0.4, -0.2) is 10.9 Å². The Morgan fingerprint density at radius 2 is 2.14 bits per heavy atom. The maximum Gasteiger partial charge on any atom is 0.252 e. The number of thiazole rings is 1. The molecule has 0 aliphatic rings. The summed E-state index contributed by atoms with van der Waals surface area (Å²) in [5.74, 6) is 0.635. The Morgan fingerprint density at radius 3 is 2.86 bits per heavy atom. The van der Waals surface area contributed by atoms with E-state index in [2.05, 4.69) is 26.2 Å². The highest BCUT2D eigenvalue weighted by molar-refractivity contribution is 9.10. The number of hydrogen-bond donors (Lipinski definition) is 1. The van der Waals surface area contributed by atoms with E-state index in [1.165, 1.54) is 11.3 Å². The number of benzene rings is 1. The fraction of sp³-hybridized carbons (Fsp3) is 0.125. The second-order valence-electron chi connectivity index (χ2n) is 4.67. The lowest BCUT2D eigenvalue weighted by molar-refractivity contribution is 0.0950. The summed E-state index contributed by atoms with van der Waals surface area (Å²) >= 11 is 4.91. The molecule has 112 valence electrons. The van der Waals surface area contributed by atoms with Crippen LogP contribution in [0.25, 0.3) is 10.8 Å². The zero-order valence-corrected chi connectivity index (χ0v) is 14.2. The van der Waals surface area contributed by atoms with Crippen molar-refractivity contribution < 1.29 is 9.21 Å². The average Bonchev–Trinajstić information content (AvgIpc) is 3.15. The number of rotatable bonds is 4. The first-order chi connectivity index (χ1) is 10.6. The Bertz CT molecular complexity index is 796. The van der Waals surface area contributed by atoms with Crippen LogP contribution in [0.3, 0.4) is 0 Å². The van der Waals surface area contributed by atoms with E-state index in [1.54, 1.807) is 12.3 Å². The second kappa shape index (κ2) is 6.46. The Balaban J connectivity index is 1.72. The third-order valence-corrected chi connectivity index (χ3v) is 5.02. The molecule has 0 fully saturated rings. The minimum atomic E-state index is -0.111. The van der Waals surface area contributed by atoms with Gasteiger partial charge in [-0.05, 0) is 47.1 Å². The molecule has 0 unspecified atom stereocenters. The summed E-state index contributed by atoms with van der Waals surface area (Å²) in [5, 5.41) is 3.75. The fourth-order valence-electron chi connectivity index (χ4n) is 2.00. The molecule has 0 saturated carbocycles. The number of carbonyl (C=O) groups excluding carboxylic acids is 1. The van der Waals surface area contributed by atoms with Crippen molar-refractivity contribution in [3.05, 3.63) is 63.3 Å². The molecule has 6 heteroatoms. The summed E-state index contributed by atoms with van der Waals surface area (Å²) < 4.78 is 6.14.